The van der Waals surface area contributed by atoms with E-state index in [9.17, 15) is 4.79 Å². The van der Waals surface area contributed by atoms with Crippen molar-refractivity contribution in [3.63, 3.8) is 0 Å². The van der Waals surface area contributed by atoms with Crippen LogP contribution in [0.5, 0.6) is 5.75 Å². The number of rotatable bonds is 12. The fraction of sp³-hybridized carbons (Fsp3) is 0.545. The number of carbonyl (C=O) groups is 1. The van der Waals surface area contributed by atoms with E-state index in [1.807, 2.05) is 50.0 Å². The van der Waals surface area contributed by atoms with Gasteiger partial charge in [-0.05, 0) is 76.9 Å². The molecule has 0 unspecified atom stereocenters. The number of carbonyl (C=O) groups excluding carboxylic acids is 1. The topological polar surface area (TPSA) is 83.1 Å². The molecule has 3 heterocycles. The van der Waals surface area contributed by atoms with Gasteiger partial charge in [-0.3, -0.25) is 0 Å². The third-order valence-electron chi connectivity index (χ3n) is 7.80. The zero-order chi connectivity index (χ0) is 29.9. The minimum absolute atomic E-state index is 0.0555. The number of nitrogens with zero attached hydrogens (tertiary/aromatic N) is 5. The van der Waals surface area contributed by atoms with Crippen molar-refractivity contribution < 1.29 is 14.3 Å². The van der Waals surface area contributed by atoms with Crippen molar-refractivity contribution in [3.8, 4) is 5.75 Å². The Kier molecular flexibility index (Phi) is 11.8. The number of piperazine rings is 1. The Balaban J connectivity index is 1.31. The average molecular weight is 577 g/mol. The lowest BCUT2D eigenvalue weighted by Crippen LogP contribution is -2.44. The van der Waals surface area contributed by atoms with Gasteiger partial charge in [-0.15, -0.1) is 0 Å². The summed E-state index contributed by atoms with van der Waals surface area (Å²) in [6, 6.07) is 6.02. The highest BCUT2D eigenvalue weighted by Crippen LogP contribution is 2.32. The highest BCUT2D eigenvalue weighted by Gasteiger charge is 2.26. The molecule has 2 aliphatic heterocycles. The molecule has 0 saturated carbocycles. The molecule has 228 valence electrons. The summed E-state index contributed by atoms with van der Waals surface area (Å²) in [6.07, 6.45) is 10.8. The van der Waals surface area contributed by atoms with E-state index in [1.54, 1.807) is 12.4 Å². The van der Waals surface area contributed by atoms with Crippen molar-refractivity contribution in [1.29, 1.82) is 0 Å². The molecule has 2 aliphatic rings. The first-order chi connectivity index (χ1) is 20.3. The SMILES string of the molecule is C=C(/C=C\C(=C/CC)NC(=O)N1CCC(c2ncnc3ccc(OCCCN4CCN(C)CC4)cc23)CC1)OC(C)C. The van der Waals surface area contributed by atoms with Gasteiger partial charge in [-0.2, -0.15) is 0 Å². The van der Waals surface area contributed by atoms with Gasteiger partial charge in [0.2, 0.25) is 0 Å². The third kappa shape index (κ3) is 9.29. The summed E-state index contributed by atoms with van der Waals surface area (Å²) in [5.41, 5.74) is 2.71. The number of nitrogens with one attached hydrogen (secondary N) is 1. The molecule has 0 bridgehead atoms. The number of hydrogen-bond donors (Lipinski definition) is 1. The van der Waals surface area contributed by atoms with Crippen LogP contribution in [0.15, 0.2) is 60.8 Å². The highest BCUT2D eigenvalue weighted by molar-refractivity contribution is 5.83. The standard InChI is InChI=1S/C33H48N6O3/c1-6-8-28(10-9-26(4)42-25(2)3)36-33(40)39-16-13-27(14-17-39)32-30-23-29(11-12-31(30)34-24-35-32)41-22-7-15-38-20-18-37(5)19-21-38/h8-12,23-25,27H,4,6-7,13-22H2,1-3,5H3,(H,36,40)/b10-9-,28-8+. The van der Waals surface area contributed by atoms with Gasteiger partial charge in [0.1, 0.15) is 17.8 Å². The van der Waals surface area contributed by atoms with Gasteiger partial charge in [-0.1, -0.05) is 19.6 Å². The Labute approximate surface area is 251 Å². The predicted molar refractivity (Wildman–Crippen MR) is 169 cm³/mol. The van der Waals surface area contributed by atoms with Crippen LogP contribution in [0.25, 0.3) is 10.9 Å². The van der Waals surface area contributed by atoms with Gasteiger partial charge in [0, 0.05) is 62.8 Å². The number of aromatic nitrogens is 2. The van der Waals surface area contributed by atoms with Crippen molar-refractivity contribution in [1.82, 2.24) is 30.0 Å². The first-order valence-corrected chi connectivity index (χ1v) is 15.4. The Morgan fingerprint density at radius 2 is 1.88 bits per heavy atom. The number of allylic oxidation sites excluding steroid dienone is 3. The zero-order valence-electron chi connectivity index (χ0n) is 25.8. The summed E-state index contributed by atoms with van der Waals surface area (Å²) in [5, 5.41) is 4.09. The molecule has 2 saturated heterocycles. The van der Waals surface area contributed by atoms with E-state index in [2.05, 4.69) is 39.8 Å². The van der Waals surface area contributed by atoms with Crippen molar-refractivity contribution in [2.24, 2.45) is 0 Å². The normalized spacial score (nSPS) is 17.7. The van der Waals surface area contributed by atoms with Crippen molar-refractivity contribution in [2.45, 2.75) is 58.5 Å². The van der Waals surface area contributed by atoms with Gasteiger partial charge in [0.05, 0.1) is 23.9 Å². The zero-order valence-corrected chi connectivity index (χ0v) is 25.8. The Morgan fingerprint density at radius 3 is 2.60 bits per heavy atom. The fourth-order valence-corrected chi connectivity index (χ4v) is 5.48. The first kappa shape index (κ1) is 31.5. The number of likely N-dealkylation sites (N-methyl/N-ethyl adjacent to an activating group) is 1. The second kappa shape index (κ2) is 15.7. The molecule has 0 atom stereocenters. The third-order valence-corrected chi connectivity index (χ3v) is 7.80. The summed E-state index contributed by atoms with van der Waals surface area (Å²) in [4.78, 5) is 29.1. The molecule has 1 N–H and O–H groups in total. The van der Waals surface area contributed by atoms with E-state index in [4.69, 9.17) is 14.5 Å². The summed E-state index contributed by atoms with van der Waals surface area (Å²) in [7, 11) is 2.18. The Hall–Kier alpha value is -3.43. The maximum Gasteiger partial charge on any atom is 0.321 e. The number of ether oxygens (including phenoxy) is 2. The van der Waals surface area contributed by atoms with Gasteiger partial charge in [0.15, 0.2) is 0 Å². The lowest BCUT2D eigenvalue weighted by Gasteiger charge is -2.32. The van der Waals surface area contributed by atoms with Crippen LogP contribution >= 0.6 is 0 Å². The number of likely N-dealkylation sites (tertiary alicyclic amines) is 1. The second-order valence-electron chi connectivity index (χ2n) is 11.5. The Morgan fingerprint density at radius 1 is 1.12 bits per heavy atom. The van der Waals surface area contributed by atoms with Gasteiger partial charge in [0.25, 0.3) is 0 Å². The summed E-state index contributed by atoms with van der Waals surface area (Å²) in [6.45, 7) is 17.5. The van der Waals surface area contributed by atoms with E-state index in [0.717, 1.165) is 86.5 Å². The highest BCUT2D eigenvalue weighted by atomic mass is 16.5. The number of piperidine rings is 1. The molecule has 9 heteroatoms. The lowest BCUT2D eigenvalue weighted by atomic mass is 9.91. The van der Waals surface area contributed by atoms with Crippen LogP contribution in [-0.2, 0) is 4.74 Å². The van der Waals surface area contributed by atoms with Crippen LogP contribution in [0, 0.1) is 0 Å². The maximum absolute atomic E-state index is 13.1. The van der Waals surface area contributed by atoms with Gasteiger partial charge >= 0.3 is 6.03 Å². The molecule has 42 heavy (non-hydrogen) atoms. The quantitative estimate of drug-likeness (QED) is 0.208. The number of benzene rings is 1. The van der Waals surface area contributed by atoms with E-state index in [1.165, 1.54) is 0 Å². The minimum Gasteiger partial charge on any atom is -0.494 e. The summed E-state index contributed by atoms with van der Waals surface area (Å²) >= 11 is 0. The molecule has 1 aromatic carbocycles. The van der Waals surface area contributed by atoms with E-state index >= 15 is 0 Å². The van der Waals surface area contributed by atoms with Crippen LogP contribution in [0.2, 0.25) is 0 Å². The molecule has 9 nitrogen and oxygen atoms in total. The van der Waals surface area contributed by atoms with E-state index in [0.29, 0.717) is 25.5 Å². The molecule has 0 aliphatic carbocycles. The van der Waals surface area contributed by atoms with Gasteiger partial charge in [-0.25, -0.2) is 14.8 Å². The lowest BCUT2D eigenvalue weighted by molar-refractivity contribution is 0.145. The number of hydrogen-bond acceptors (Lipinski definition) is 7. The van der Waals surface area contributed by atoms with E-state index in [-0.39, 0.29) is 18.1 Å². The van der Waals surface area contributed by atoms with Crippen molar-refractivity contribution >= 4 is 16.9 Å². The summed E-state index contributed by atoms with van der Waals surface area (Å²) in [5.74, 6) is 1.69. The summed E-state index contributed by atoms with van der Waals surface area (Å²) < 4.78 is 11.7. The second-order valence-corrected chi connectivity index (χ2v) is 11.5. The van der Waals surface area contributed by atoms with Crippen molar-refractivity contribution in [2.75, 3.05) is 59.5 Å². The molecular weight excluding hydrogens is 528 g/mol. The number of amides is 2. The number of urea groups is 1. The predicted octanol–water partition coefficient (Wildman–Crippen LogP) is 5.32. The van der Waals surface area contributed by atoms with E-state index < -0.39 is 0 Å². The minimum atomic E-state index is -0.0898. The largest absolute Gasteiger partial charge is 0.494 e. The molecule has 4 rings (SSSR count). The average Bonchev–Trinajstić information content (AvgIpc) is 2.98. The maximum atomic E-state index is 13.1. The van der Waals surface area contributed by atoms with Crippen LogP contribution in [0.3, 0.4) is 0 Å². The first-order valence-electron chi connectivity index (χ1n) is 15.4. The molecule has 2 aromatic rings. The van der Waals surface area contributed by atoms with Gasteiger partial charge < -0.3 is 29.5 Å². The Bertz CT molecular complexity index is 1240. The smallest absolute Gasteiger partial charge is 0.321 e. The molecule has 1 aromatic heterocycles. The molecular formula is C33H48N6O3. The van der Waals surface area contributed by atoms with Crippen LogP contribution in [-0.4, -0.2) is 96.3 Å². The molecule has 0 radical (unpaired) electrons. The molecule has 2 amide bonds. The van der Waals surface area contributed by atoms with Crippen LogP contribution in [0.4, 0.5) is 4.79 Å². The molecule has 2 fully saturated rings. The van der Waals surface area contributed by atoms with Crippen molar-refractivity contribution in [3.05, 3.63) is 66.5 Å². The number of fused-ring (bicyclic) bond motifs is 1. The van der Waals surface area contributed by atoms with Crippen LogP contribution in [0.1, 0.15) is 58.1 Å². The van der Waals surface area contributed by atoms with Crippen LogP contribution < -0.4 is 10.1 Å². The monoisotopic (exact) mass is 576 g/mol. The fourth-order valence-electron chi connectivity index (χ4n) is 5.48. The molecule has 0 spiro atoms.